The van der Waals surface area contributed by atoms with E-state index in [1.807, 2.05) is 11.3 Å². The minimum atomic E-state index is 1.03. The van der Waals surface area contributed by atoms with Gasteiger partial charge in [-0.1, -0.05) is 0 Å². The van der Waals surface area contributed by atoms with Gasteiger partial charge in [0.2, 0.25) is 0 Å². The lowest BCUT2D eigenvalue weighted by atomic mass is 10.3. The Kier molecular flexibility index (Phi) is 6.23. The first-order chi connectivity index (χ1) is 9.54. The van der Waals surface area contributed by atoms with Crippen LogP contribution >= 0.6 is 38.6 Å². The minimum absolute atomic E-state index is 1.03. The summed E-state index contributed by atoms with van der Waals surface area (Å²) in [5.41, 5.74) is 2.76. The van der Waals surface area contributed by atoms with Gasteiger partial charge in [-0.25, -0.2) is 0 Å². The number of halogens is 1. The highest BCUT2D eigenvalue weighted by Gasteiger charge is 2.11. The van der Waals surface area contributed by atoms with Gasteiger partial charge < -0.3 is 4.90 Å². The Morgan fingerprint density at radius 2 is 2.00 bits per heavy atom. The molecule has 0 aliphatic heterocycles. The summed E-state index contributed by atoms with van der Waals surface area (Å²) in [7, 11) is 4.27. The van der Waals surface area contributed by atoms with Crippen LogP contribution in [0.25, 0.3) is 0 Å². The summed E-state index contributed by atoms with van der Waals surface area (Å²) in [6.07, 6.45) is 0. The zero-order chi connectivity index (χ0) is 14.5. The molecule has 0 spiro atoms. The van der Waals surface area contributed by atoms with Gasteiger partial charge in [-0.05, 0) is 71.0 Å². The number of rotatable bonds is 7. The molecule has 2 aromatic heterocycles. The van der Waals surface area contributed by atoms with Crippen molar-refractivity contribution in [1.29, 1.82) is 0 Å². The third kappa shape index (κ3) is 4.97. The first kappa shape index (κ1) is 16.2. The quantitative estimate of drug-likeness (QED) is 0.708. The molecule has 0 aromatic carbocycles. The Labute approximate surface area is 138 Å². The molecule has 2 aromatic rings. The van der Waals surface area contributed by atoms with E-state index < -0.39 is 0 Å². The molecule has 0 atom stereocenters. The maximum atomic E-state index is 3.62. The summed E-state index contributed by atoms with van der Waals surface area (Å²) in [6.45, 7) is 6.41. The van der Waals surface area contributed by atoms with E-state index >= 15 is 0 Å². The Bertz CT molecular complexity index is 500. The lowest BCUT2D eigenvalue weighted by Crippen LogP contribution is -2.30. The summed E-state index contributed by atoms with van der Waals surface area (Å²) in [5, 5.41) is 4.41. The van der Waals surface area contributed by atoms with E-state index in [-0.39, 0.29) is 0 Å². The second kappa shape index (κ2) is 7.71. The summed E-state index contributed by atoms with van der Waals surface area (Å²) in [5.74, 6) is 0. The number of likely N-dealkylation sites (N-methyl/N-ethyl adjacent to an activating group) is 1. The SMILES string of the molecule is Cc1cc(CN(CCN(C)C)Cc2ccsc2)sc1Br. The van der Waals surface area contributed by atoms with Crippen LogP contribution in [0.5, 0.6) is 0 Å². The maximum Gasteiger partial charge on any atom is 0.0730 e. The molecule has 2 rings (SSSR count). The van der Waals surface area contributed by atoms with Crippen LogP contribution in [0.15, 0.2) is 26.7 Å². The molecular formula is C15H21BrN2S2. The first-order valence-electron chi connectivity index (χ1n) is 6.67. The van der Waals surface area contributed by atoms with E-state index in [0.29, 0.717) is 0 Å². The van der Waals surface area contributed by atoms with Crippen LogP contribution in [0.1, 0.15) is 16.0 Å². The molecule has 5 heteroatoms. The zero-order valence-electron chi connectivity index (χ0n) is 12.2. The summed E-state index contributed by atoms with van der Waals surface area (Å²) in [4.78, 5) is 6.21. The van der Waals surface area contributed by atoms with E-state index in [9.17, 15) is 0 Å². The summed E-state index contributed by atoms with van der Waals surface area (Å²) < 4.78 is 1.26. The first-order valence-corrected chi connectivity index (χ1v) is 9.23. The predicted molar refractivity (Wildman–Crippen MR) is 93.7 cm³/mol. The second-order valence-corrected chi connectivity index (χ2v) is 8.55. The number of aryl methyl sites for hydroxylation is 1. The van der Waals surface area contributed by atoms with Crippen molar-refractivity contribution in [1.82, 2.24) is 9.80 Å². The Hall–Kier alpha value is -0.200. The van der Waals surface area contributed by atoms with E-state index in [4.69, 9.17) is 0 Å². The predicted octanol–water partition coefficient (Wildman–Crippen LogP) is 4.44. The third-order valence-electron chi connectivity index (χ3n) is 3.14. The highest BCUT2D eigenvalue weighted by molar-refractivity contribution is 9.11. The Morgan fingerprint density at radius 1 is 1.20 bits per heavy atom. The molecule has 0 saturated heterocycles. The van der Waals surface area contributed by atoms with Crippen molar-refractivity contribution in [2.45, 2.75) is 20.0 Å². The molecule has 0 saturated carbocycles. The lowest BCUT2D eigenvalue weighted by Gasteiger charge is -2.23. The molecular weight excluding hydrogens is 352 g/mol. The fraction of sp³-hybridized carbons (Fsp3) is 0.467. The van der Waals surface area contributed by atoms with Crippen molar-refractivity contribution >= 4 is 38.6 Å². The van der Waals surface area contributed by atoms with Crippen LogP contribution in [0, 0.1) is 6.92 Å². The maximum absolute atomic E-state index is 3.62. The van der Waals surface area contributed by atoms with E-state index in [2.05, 4.69) is 69.6 Å². The molecule has 0 fully saturated rings. The van der Waals surface area contributed by atoms with Crippen LogP contribution in [-0.2, 0) is 13.1 Å². The molecule has 0 amide bonds. The number of hydrogen-bond donors (Lipinski definition) is 0. The molecule has 0 aliphatic carbocycles. The number of hydrogen-bond acceptors (Lipinski definition) is 4. The molecule has 0 aliphatic rings. The molecule has 20 heavy (non-hydrogen) atoms. The average molecular weight is 373 g/mol. The van der Waals surface area contributed by atoms with Crippen LogP contribution in [0.4, 0.5) is 0 Å². The second-order valence-electron chi connectivity index (χ2n) is 5.31. The standard InChI is InChI=1S/C15H21BrN2S2/c1-12-8-14(20-15(12)16)10-18(6-5-17(2)3)9-13-4-7-19-11-13/h4,7-8,11H,5-6,9-10H2,1-3H3. The van der Waals surface area contributed by atoms with Crippen LogP contribution in [-0.4, -0.2) is 37.0 Å². The molecule has 2 nitrogen and oxygen atoms in total. The van der Waals surface area contributed by atoms with Crippen molar-refractivity contribution < 1.29 is 0 Å². The zero-order valence-corrected chi connectivity index (χ0v) is 15.4. The largest absolute Gasteiger partial charge is 0.308 e. The molecule has 110 valence electrons. The topological polar surface area (TPSA) is 6.48 Å². The van der Waals surface area contributed by atoms with Crippen molar-refractivity contribution in [2.75, 3.05) is 27.2 Å². The number of nitrogens with zero attached hydrogens (tertiary/aromatic N) is 2. The van der Waals surface area contributed by atoms with Crippen molar-refractivity contribution in [3.8, 4) is 0 Å². The van der Waals surface area contributed by atoms with Gasteiger partial charge in [0, 0.05) is 31.1 Å². The van der Waals surface area contributed by atoms with Crippen LogP contribution < -0.4 is 0 Å². The van der Waals surface area contributed by atoms with Gasteiger partial charge >= 0.3 is 0 Å². The summed E-state index contributed by atoms with van der Waals surface area (Å²) in [6, 6.07) is 4.52. The van der Waals surface area contributed by atoms with Crippen molar-refractivity contribution in [3.63, 3.8) is 0 Å². The van der Waals surface area contributed by atoms with Gasteiger partial charge in [-0.2, -0.15) is 11.3 Å². The fourth-order valence-corrected chi connectivity index (χ4v) is 4.35. The Morgan fingerprint density at radius 3 is 2.55 bits per heavy atom. The molecule has 0 unspecified atom stereocenters. The average Bonchev–Trinajstić information content (AvgIpc) is 2.98. The molecule has 2 heterocycles. The Balaban J connectivity index is 2.01. The van der Waals surface area contributed by atoms with E-state index in [1.54, 1.807) is 11.3 Å². The molecule has 0 bridgehead atoms. The molecule has 0 N–H and O–H groups in total. The van der Waals surface area contributed by atoms with Gasteiger partial charge in [0.15, 0.2) is 0 Å². The van der Waals surface area contributed by atoms with E-state index in [0.717, 1.165) is 26.2 Å². The monoisotopic (exact) mass is 372 g/mol. The van der Waals surface area contributed by atoms with Gasteiger partial charge in [-0.3, -0.25) is 4.90 Å². The third-order valence-corrected chi connectivity index (χ3v) is 5.99. The van der Waals surface area contributed by atoms with E-state index in [1.165, 1.54) is 19.8 Å². The van der Waals surface area contributed by atoms with Crippen molar-refractivity contribution in [2.24, 2.45) is 0 Å². The van der Waals surface area contributed by atoms with Crippen LogP contribution in [0.3, 0.4) is 0 Å². The molecule has 0 radical (unpaired) electrons. The normalized spacial score (nSPS) is 11.7. The highest BCUT2D eigenvalue weighted by atomic mass is 79.9. The lowest BCUT2D eigenvalue weighted by molar-refractivity contribution is 0.228. The minimum Gasteiger partial charge on any atom is -0.308 e. The number of thiophene rings is 2. The fourth-order valence-electron chi connectivity index (χ4n) is 2.02. The smallest absolute Gasteiger partial charge is 0.0730 e. The van der Waals surface area contributed by atoms with Crippen molar-refractivity contribution in [3.05, 3.63) is 42.7 Å². The van der Waals surface area contributed by atoms with Gasteiger partial charge in [0.25, 0.3) is 0 Å². The highest BCUT2D eigenvalue weighted by Crippen LogP contribution is 2.28. The van der Waals surface area contributed by atoms with Gasteiger partial charge in [0.1, 0.15) is 0 Å². The van der Waals surface area contributed by atoms with Gasteiger partial charge in [0.05, 0.1) is 3.79 Å². The van der Waals surface area contributed by atoms with Gasteiger partial charge in [-0.15, -0.1) is 11.3 Å². The van der Waals surface area contributed by atoms with Crippen LogP contribution in [0.2, 0.25) is 0 Å². The summed E-state index contributed by atoms with van der Waals surface area (Å²) >= 11 is 7.25.